The summed E-state index contributed by atoms with van der Waals surface area (Å²) in [5, 5.41) is 4.48. The first-order chi connectivity index (χ1) is 22.7. The Hall–Kier alpha value is -4.37. The molecule has 1 aromatic heterocycles. The first-order valence-corrected chi connectivity index (χ1v) is 16.4. The van der Waals surface area contributed by atoms with Gasteiger partial charge in [-0.2, -0.15) is 13.2 Å². The van der Waals surface area contributed by atoms with Crippen molar-refractivity contribution in [3.05, 3.63) is 101 Å². The summed E-state index contributed by atoms with van der Waals surface area (Å²) in [6, 6.07) is 21.5. The molecule has 1 aliphatic heterocycles. The number of ether oxygens (including phenoxy) is 1. The zero-order chi connectivity index (χ0) is 33.0. The number of hydrogen-bond donors (Lipinski definition) is 1. The number of anilines is 2. The molecule has 1 saturated heterocycles. The average Bonchev–Trinajstić information content (AvgIpc) is 3.62. The molecule has 47 heavy (non-hydrogen) atoms. The van der Waals surface area contributed by atoms with E-state index >= 15 is 0 Å². The summed E-state index contributed by atoms with van der Waals surface area (Å²) in [6.07, 6.45) is 5.59. The lowest BCUT2D eigenvalue weighted by Crippen LogP contribution is -2.48. The second-order valence-electron chi connectivity index (χ2n) is 12.6. The van der Waals surface area contributed by atoms with Gasteiger partial charge in [0.2, 0.25) is 5.91 Å². The first-order valence-electron chi connectivity index (χ1n) is 16.4. The number of piperidine rings is 1. The molecule has 3 aromatic carbocycles. The van der Waals surface area contributed by atoms with Gasteiger partial charge in [0, 0.05) is 60.2 Å². The molecule has 246 valence electrons. The minimum Gasteiger partial charge on any atom is -0.497 e. The third kappa shape index (κ3) is 7.96. The van der Waals surface area contributed by atoms with E-state index in [2.05, 4.69) is 15.2 Å². The van der Waals surface area contributed by atoms with Gasteiger partial charge in [-0.3, -0.25) is 9.78 Å². The van der Waals surface area contributed by atoms with Crippen molar-refractivity contribution in [3.8, 4) is 5.75 Å². The van der Waals surface area contributed by atoms with E-state index in [0.29, 0.717) is 18.2 Å². The molecule has 2 heterocycles. The summed E-state index contributed by atoms with van der Waals surface area (Å²) >= 11 is 0. The summed E-state index contributed by atoms with van der Waals surface area (Å²) in [5.41, 5.74) is 4.46. The number of methoxy groups -OCH3 is 1. The number of halogens is 3. The molecule has 1 N–H and O–H groups in total. The Balaban J connectivity index is 1.18. The van der Waals surface area contributed by atoms with Crippen LogP contribution in [0.5, 0.6) is 5.75 Å². The van der Waals surface area contributed by atoms with Crippen molar-refractivity contribution in [2.24, 2.45) is 0 Å². The zero-order valence-electron chi connectivity index (χ0n) is 26.9. The lowest BCUT2D eigenvalue weighted by atomic mass is 9.99. The van der Waals surface area contributed by atoms with Crippen LogP contribution >= 0.6 is 0 Å². The molecule has 2 aliphatic rings. The zero-order valence-corrected chi connectivity index (χ0v) is 26.9. The average molecular weight is 643 g/mol. The van der Waals surface area contributed by atoms with Gasteiger partial charge in [0.1, 0.15) is 5.75 Å². The number of nitrogens with one attached hydrogen (secondary N) is 1. The number of carbonyl (C=O) groups excluding carboxylic acids is 1. The molecule has 2 fully saturated rings. The van der Waals surface area contributed by atoms with Crippen LogP contribution in [0.1, 0.15) is 60.9 Å². The molecule has 1 amide bonds. The smallest absolute Gasteiger partial charge is 0.416 e. The van der Waals surface area contributed by atoms with Gasteiger partial charge in [-0.1, -0.05) is 37.1 Å². The molecular weight excluding hydrogens is 601 g/mol. The largest absolute Gasteiger partial charge is 0.497 e. The van der Waals surface area contributed by atoms with Gasteiger partial charge in [0.05, 0.1) is 18.2 Å². The molecule has 1 aliphatic carbocycles. The molecule has 6 rings (SSSR count). The Morgan fingerprint density at radius 3 is 2.34 bits per heavy atom. The second kappa shape index (κ2) is 14.2. The summed E-state index contributed by atoms with van der Waals surface area (Å²) < 4.78 is 44.5. The van der Waals surface area contributed by atoms with E-state index in [0.717, 1.165) is 77.3 Å². The highest BCUT2D eigenvalue weighted by atomic mass is 19.4. The van der Waals surface area contributed by atoms with Crippen molar-refractivity contribution in [3.63, 3.8) is 0 Å². The molecule has 0 unspecified atom stereocenters. The van der Waals surface area contributed by atoms with E-state index in [1.54, 1.807) is 13.2 Å². The summed E-state index contributed by atoms with van der Waals surface area (Å²) in [6.45, 7) is 4.34. The summed E-state index contributed by atoms with van der Waals surface area (Å²) in [5.74, 6) is 0.617. The van der Waals surface area contributed by atoms with Gasteiger partial charge in [-0.05, 0) is 98.3 Å². The number of fused-ring (bicyclic) bond motifs is 1. The molecule has 0 atom stereocenters. The molecule has 6 nitrogen and oxygen atoms in total. The number of pyridine rings is 1. The van der Waals surface area contributed by atoms with Crippen LogP contribution in [0.4, 0.5) is 24.5 Å². The fourth-order valence-corrected chi connectivity index (χ4v) is 6.88. The number of amides is 1. The van der Waals surface area contributed by atoms with Crippen molar-refractivity contribution < 1.29 is 22.7 Å². The fraction of sp³-hybridized carbons (Fsp3) is 0.368. The van der Waals surface area contributed by atoms with Gasteiger partial charge in [-0.25, -0.2) is 0 Å². The third-order valence-corrected chi connectivity index (χ3v) is 9.45. The number of alkyl halides is 3. The minimum absolute atomic E-state index is 0.0800. The lowest BCUT2D eigenvalue weighted by Gasteiger charge is -2.40. The van der Waals surface area contributed by atoms with Crippen molar-refractivity contribution in [2.45, 2.75) is 70.3 Å². The van der Waals surface area contributed by atoms with E-state index in [-0.39, 0.29) is 11.9 Å². The molecule has 0 spiro atoms. The van der Waals surface area contributed by atoms with Crippen LogP contribution in [0, 0.1) is 6.92 Å². The SMILES string of the molecule is COc1ccc2nc(C)cc(Nc3ccc(CN(C(=O)/C=C/c4ccc(C(F)(F)F)cc4)C4CCN(C5CCCC5)CC4)cc3)c2c1. The van der Waals surface area contributed by atoms with Crippen molar-refractivity contribution in [1.29, 1.82) is 0 Å². The Labute approximate surface area is 274 Å². The van der Waals surface area contributed by atoms with E-state index in [9.17, 15) is 18.0 Å². The maximum atomic E-state index is 13.7. The highest BCUT2D eigenvalue weighted by Gasteiger charge is 2.32. The number of nitrogens with zero attached hydrogens (tertiary/aromatic N) is 3. The van der Waals surface area contributed by atoms with E-state index in [1.165, 1.54) is 43.9 Å². The van der Waals surface area contributed by atoms with Gasteiger partial charge >= 0.3 is 6.18 Å². The molecule has 1 saturated carbocycles. The van der Waals surface area contributed by atoms with Crippen LogP contribution in [-0.2, 0) is 17.5 Å². The molecule has 0 radical (unpaired) electrons. The topological polar surface area (TPSA) is 57.7 Å². The number of aromatic nitrogens is 1. The van der Waals surface area contributed by atoms with Crippen LogP contribution in [0.3, 0.4) is 0 Å². The van der Waals surface area contributed by atoms with Crippen LogP contribution in [0.25, 0.3) is 17.0 Å². The van der Waals surface area contributed by atoms with Crippen LogP contribution in [0.15, 0.2) is 78.9 Å². The molecule has 0 bridgehead atoms. The Kier molecular flexibility index (Phi) is 9.82. The fourth-order valence-electron chi connectivity index (χ4n) is 6.88. The first kappa shape index (κ1) is 32.6. The highest BCUT2D eigenvalue weighted by Crippen LogP contribution is 2.32. The third-order valence-electron chi connectivity index (χ3n) is 9.45. The van der Waals surface area contributed by atoms with Crippen molar-refractivity contribution in [2.75, 3.05) is 25.5 Å². The quantitative estimate of drug-likeness (QED) is 0.185. The second-order valence-corrected chi connectivity index (χ2v) is 12.6. The lowest BCUT2D eigenvalue weighted by molar-refractivity contribution is -0.137. The summed E-state index contributed by atoms with van der Waals surface area (Å²) in [7, 11) is 1.64. The van der Waals surface area contributed by atoms with Crippen LogP contribution in [-0.4, -0.2) is 53.0 Å². The predicted molar refractivity (Wildman–Crippen MR) is 181 cm³/mol. The van der Waals surface area contributed by atoms with E-state index in [1.807, 2.05) is 60.4 Å². The van der Waals surface area contributed by atoms with Gasteiger partial charge in [0.25, 0.3) is 0 Å². The molecule has 9 heteroatoms. The number of carbonyl (C=O) groups is 1. The maximum Gasteiger partial charge on any atom is 0.416 e. The normalized spacial score (nSPS) is 16.6. The minimum atomic E-state index is -4.40. The maximum absolute atomic E-state index is 13.7. The van der Waals surface area contributed by atoms with Crippen LogP contribution in [0.2, 0.25) is 0 Å². The number of rotatable bonds is 9. The molecule has 4 aromatic rings. The Morgan fingerprint density at radius 1 is 0.979 bits per heavy atom. The number of benzene rings is 3. The predicted octanol–water partition coefficient (Wildman–Crippen LogP) is 8.76. The van der Waals surface area contributed by atoms with E-state index < -0.39 is 11.7 Å². The highest BCUT2D eigenvalue weighted by molar-refractivity contribution is 5.94. The van der Waals surface area contributed by atoms with Crippen molar-refractivity contribution >= 4 is 34.3 Å². The van der Waals surface area contributed by atoms with E-state index in [4.69, 9.17) is 4.74 Å². The van der Waals surface area contributed by atoms with Gasteiger partial charge < -0.3 is 19.9 Å². The number of hydrogen-bond acceptors (Lipinski definition) is 5. The van der Waals surface area contributed by atoms with Gasteiger partial charge in [0.15, 0.2) is 0 Å². The number of aryl methyl sites for hydroxylation is 1. The summed E-state index contributed by atoms with van der Waals surface area (Å²) in [4.78, 5) is 22.9. The van der Waals surface area contributed by atoms with Crippen molar-refractivity contribution in [1.82, 2.24) is 14.8 Å². The van der Waals surface area contributed by atoms with Gasteiger partial charge in [-0.15, -0.1) is 0 Å². The molecular formula is C38H41F3N4O2. The Bertz CT molecular complexity index is 1710. The number of likely N-dealkylation sites (tertiary alicyclic amines) is 1. The van der Waals surface area contributed by atoms with Crippen LogP contribution < -0.4 is 10.1 Å². The standard InChI is InChI=1S/C38H41F3N4O2/c1-26-23-36(34-24-33(47-2)16-17-35(34)42-26)43-30-14-9-28(10-15-30)25-45(32-19-21-44(22-20-32)31-5-3-4-6-31)37(46)18-11-27-7-12-29(13-8-27)38(39,40)41/h7-18,23-24,31-32H,3-6,19-22,25H2,1-2H3,(H,42,43)/b18-11+. The monoisotopic (exact) mass is 642 g/mol. The Morgan fingerprint density at radius 2 is 1.68 bits per heavy atom.